The summed E-state index contributed by atoms with van der Waals surface area (Å²) >= 11 is 0. The zero-order valence-electron chi connectivity index (χ0n) is 20.4. The number of hydrogen-bond acceptors (Lipinski definition) is 5. The van der Waals surface area contributed by atoms with Gasteiger partial charge in [-0.3, -0.25) is 20.1 Å². The molecule has 0 amide bonds. The normalized spacial score (nSPS) is 11.6. The number of aromatic amines is 2. The van der Waals surface area contributed by atoms with Gasteiger partial charge in [-0.1, -0.05) is 12.1 Å². The van der Waals surface area contributed by atoms with E-state index in [9.17, 15) is 0 Å². The van der Waals surface area contributed by atoms with Crippen molar-refractivity contribution in [3.05, 3.63) is 84.9 Å². The molecule has 1 aromatic carbocycles. The molecule has 6 rings (SSSR count). The molecule has 0 fully saturated rings. The second kappa shape index (κ2) is 9.36. The number of nitrogens with one attached hydrogen (secondary N) is 2. The highest BCUT2D eigenvalue weighted by Crippen LogP contribution is 2.34. The van der Waals surface area contributed by atoms with E-state index in [1.807, 2.05) is 42.9 Å². The van der Waals surface area contributed by atoms with Crippen molar-refractivity contribution in [2.24, 2.45) is 0 Å². The van der Waals surface area contributed by atoms with E-state index in [1.165, 1.54) is 5.56 Å². The zero-order chi connectivity index (χ0) is 24.5. The van der Waals surface area contributed by atoms with Crippen LogP contribution < -0.4 is 0 Å². The summed E-state index contributed by atoms with van der Waals surface area (Å²) in [6.45, 7) is 1.07. The van der Waals surface area contributed by atoms with Crippen LogP contribution in [0.2, 0.25) is 0 Å². The Morgan fingerprint density at radius 2 is 1.72 bits per heavy atom. The first-order valence-electron chi connectivity index (χ1n) is 12.1. The number of aryl methyl sites for hydroxylation is 1. The molecular weight excluding hydrogens is 446 g/mol. The van der Waals surface area contributed by atoms with Gasteiger partial charge in [-0.2, -0.15) is 5.10 Å². The van der Waals surface area contributed by atoms with Crippen LogP contribution in [0, 0.1) is 0 Å². The lowest BCUT2D eigenvalue weighted by Gasteiger charge is -2.09. The van der Waals surface area contributed by atoms with Gasteiger partial charge in [0, 0.05) is 46.6 Å². The average Bonchev–Trinajstić information content (AvgIpc) is 3.53. The third-order valence-corrected chi connectivity index (χ3v) is 6.47. The molecule has 7 nitrogen and oxygen atoms in total. The van der Waals surface area contributed by atoms with Crippen LogP contribution in [-0.2, 0) is 6.42 Å². The Labute approximate surface area is 209 Å². The van der Waals surface area contributed by atoms with Crippen molar-refractivity contribution in [1.29, 1.82) is 0 Å². The summed E-state index contributed by atoms with van der Waals surface area (Å²) in [6, 6.07) is 18.6. The number of fused-ring (bicyclic) bond motifs is 2. The van der Waals surface area contributed by atoms with Gasteiger partial charge in [0.15, 0.2) is 0 Å². The fraction of sp³-hybridized carbons (Fsp3) is 0.172. The van der Waals surface area contributed by atoms with E-state index < -0.39 is 0 Å². The van der Waals surface area contributed by atoms with E-state index in [2.05, 4.69) is 79.5 Å². The van der Waals surface area contributed by atoms with Crippen LogP contribution in [-0.4, -0.2) is 55.7 Å². The van der Waals surface area contributed by atoms with Crippen LogP contribution in [0.15, 0.2) is 79.4 Å². The van der Waals surface area contributed by atoms with Crippen LogP contribution in [0.1, 0.15) is 12.0 Å². The number of H-pyrrole nitrogens is 2. The summed E-state index contributed by atoms with van der Waals surface area (Å²) < 4.78 is 0. The molecular formula is C29H27N7. The van der Waals surface area contributed by atoms with E-state index in [-0.39, 0.29) is 0 Å². The summed E-state index contributed by atoms with van der Waals surface area (Å²) in [5.74, 6) is 0. The van der Waals surface area contributed by atoms with E-state index in [1.54, 1.807) is 6.20 Å². The first-order chi connectivity index (χ1) is 17.7. The zero-order valence-corrected chi connectivity index (χ0v) is 20.4. The lowest BCUT2D eigenvalue weighted by molar-refractivity contribution is 0.400. The van der Waals surface area contributed by atoms with Crippen LogP contribution in [0.25, 0.3) is 55.7 Å². The van der Waals surface area contributed by atoms with Gasteiger partial charge in [-0.05, 0) is 87.1 Å². The fourth-order valence-electron chi connectivity index (χ4n) is 4.67. The Morgan fingerprint density at radius 1 is 0.806 bits per heavy atom. The van der Waals surface area contributed by atoms with Gasteiger partial charge in [0.1, 0.15) is 5.69 Å². The number of hydrogen-bond donors (Lipinski definition) is 2. The Bertz CT molecular complexity index is 1650. The van der Waals surface area contributed by atoms with Crippen molar-refractivity contribution < 1.29 is 0 Å². The molecule has 0 bridgehead atoms. The molecule has 5 aromatic heterocycles. The van der Waals surface area contributed by atoms with Gasteiger partial charge in [-0.15, -0.1) is 0 Å². The third-order valence-electron chi connectivity index (χ3n) is 6.47. The summed E-state index contributed by atoms with van der Waals surface area (Å²) in [7, 11) is 4.21. The Kier molecular flexibility index (Phi) is 5.75. The molecule has 178 valence electrons. The first kappa shape index (κ1) is 22.1. The highest BCUT2D eigenvalue weighted by Gasteiger charge is 2.15. The van der Waals surface area contributed by atoms with Gasteiger partial charge in [0.05, 0.1) is 22.6 Å². The topological polar surface area (TPSA) is 86.4 Å². The average molecular weight is 474 g/mol. The van der Waals surface area contributed by atoms with Gasteiger partial charge >= 0.3 is 0 Å². The van der Waals surface area contributed by atoms with E-state index in [0.29, 0.717) is 0 Å². The predicted molar refractivity (Wildman–Crippen MR) is 145 cm³/mol. The third kappa shape index (κ3) is 4.25. The number of pyridine rings is 3. The fourth-order valence-corrected chi connectivity index (χ4v) is 4.67. The van der Waals surface area contributed by atoms with Crippen molar-refractivity contribution in [2.75, 3.05) is 20.6 Å². The monoisotopic (exact) mass is 473 g/mol. The van der Waals surface area contributed by atoms with Crippen molar-refractivity contribution >= 4 is 21.8 Å². The molecule has 0 saturated heterocycles. The van der Waals surface area contributed by atoms with Crippen LogP contribution in [0.3, 0.4) is 0 Å². The largest absolute Gasteiger partial charge is 0.353 e. The maximum absolute atomic E-state index is 4.66. The quantitative estimate of drug-likeness (QED) is 0.309. The van der Waals surface area contributed by atoms with Crippen LogP contribution in [0.4, 0.5) is 0 Å². The van der Waals surface area contributed by atoms with E-state index in [0.717, 1.165) is 75.1 Å². The molecule has 36 heavy (non-hydrogen) atoms. The van der Waals surface area contributed by atoms with Gasteiger partial charge < -0.3 is 9.88 Å². The van der Waals surface area contributed by atoms with Gasteiger partial charge in [0.2, 0.25) is 0 Å². The van der Waals surface area contributed by atoms with Gasteiger partial charge in [0.25, 0.3) is 0 Å². The number of aromatic nitrogens is 6. The summed E-state index contributed by atoms with van der Waals surface area (Å²) in [6.07, 6.45) is 9.63. The smallest absolute Gasteiger partial charge is 0.116 e. The Balaban J connectivity index is 1.38. The van der Waals surface area contributed by atoms with Crippen molar-refractivity contribution in [1.82, 2.24) is 35.0 Å². The predicted octanol–water partition coefficient (Wildman–Crippen LogP) is 5.72. The first-order valence-corrected chi connectivity index (χ1v) is 12.1. The highest BCUT2D eigenvalue weighted by atomic mass is 15.1. The maximum Gasteiger partial charge on any atom is 0.116 e. The van der Waals surface area contributed by atoms with Gasteiger partial charge in [-0.25, -0.2) is 0 Å². The Morgan fingerprint density at radius 3 is 2.58 bits per heavy atom. The number of nitrogens with zero attached hydrogens (tertiary/aromatic N) is 5. The van der Waals surface area contributed by atoms with E-state index >= 15 is 0 Å². The molecule has 0 aliphatic heterocycles. The lowest BCUT2D eigenvalue weighted by Crippen LogP contribution is -2.13. The summed E-state index contributed by atoms with van der Waals surface area (Å²) in [4.78, 5) is 19.4. The molecule has 0 aliphatic carbocycles. The SMILES string of the molecule is CN(C)CCCc1cncc(-c2ccc3[nH]nc(-c4cc5c(-c6ccccn6)nccc5[nH]4)c3c2)c1. The van der Waals surface area contributed by atoms with Crippen molar-refractivity contribution in [3.63, 3.8) is 0 Å². The minimum atomic E-state index is 0.848. The molecule has 7 heteroatoms. The molecule has 2 N–H and O–H groups in total. The number of rotatable bonds is 7. The van der Waals surface area contributed by atoms with Crippen LogP contribution in [0.5, 0.6) is 0 Å². The molecule has 0 aliphatic rings. The second-order valence-corrected chi connectivity index (χ2v) is 9.34. The molecule has 5 heterocycles. The molecule has 0 unspecified atom stereocenters. The van der Waals surface area contributed by atoms with Crippen molar-refractivity contribution in [2.45, 2.75) is 12.8 Å². The highest BCUT2D eigenvalue weighted by molar-refractivity contribution is 6.00. The molecule has 0 saturated carbocycles. The standard InChI is InChI=1S/C29H27N7/c1-36(2)13-5-6-19-14-21(18-30-17-19)20-8-9-25-22(15-20)29(35-34-25)27-16-23-24(33-27)10-12-32-28(23)26-7-3-4-11-31-26/h3-4,7-12,14-18,33H,5-6,13H2,1-2H3,(H,34,35). The molecule has 0 radical (unpaired) electrons. The van der Waals surface area contributed by atoms with E-state index in [4.69, 9.17) is 0 Å². The summed E-state index contributed by atoms with van der Waals surface area (Å²) in [5.41, 5.74) is 9.01. The minimum Gasteiger partial charge on any atom is -0.353 e. The van der Waals surface area contributed by atoms with Crippen LogP contribution >= 0.6 is 0 Å². The summed E-state index contributed by atoms with van der Waals surface area (Å²) in [5, 5.41) is 9.93. The molecule has 0 spiro atoms. The Hall–Kier alpha value is -4.36. The molecule has 0 atom stereocenters. The molecule has 6 aromatic rings. The van der Waals surface area contributed by atoms with Crippen molar-refractivity contribution in [3.8, 4) is 33.9 Å². The lowest BCUT2D eigenvalue weighted by atomic mass is 10.0. The maximum atomic E-state index is 4.66. The second-order valence-electron chi connectivity index (χ2n) is 9.34. The number of benzene rings is 1. The minimum absolute atomic E-state index is 0.848.